The van der Waals surface area contributed by atoms with Gasteiger partial charge in [0.05, 0.1) is 5.75 Å². The molecule has 2 aromatic carbocycles. The third-order valence-electron chi connectivity index (χ3n) is 5.04. The van der Waals surface area contributed by atoms with E-state index in [9.17, 15) is 13.2 Å². The summed E-state index contributed by atoms with van der Waals surface area (Å²) in [7, 11) is -3.39. The molecule has 5 nitrogen and oxygen atoms in total. The van der Waals surface area contributed by atoms with E-state index in [4.69, 9.17) is 11.6 Å². The van der Waals surface area contributed by atoms with Gasteiger partial charge >= 0.3 is 0 Å². The summed E-state index contributed by atoms with van der Waals surface area (Å²) in [6, 6.07) is 16.9. The van der Waals surface area contributed by atoms with Crippen LogP contribution in [0, 0.1) is 5.92 Å². The number of piperidine rings is 1. The van der Waals surface area contributed by atoms with Crippen molar-refractivity contribution in [3.63, 3.8) is 0 Å². The first kappa shape index (κ1) is 20.8. The minimum atomic E-state index is -3.39. The van der Waals surface area contributed by atoms with Gasteiger partial charge in [0.1, 0.15) is 0 Å². The molecule has 0 aliphatic carbocycles. The number of nitrogens with zero attached hydrogens (tertiary/aromatic N) is 1. The third kappa shape index (κ3) is 5.80. The van der Waals surface area contributed by atoms with Crippen LogP contribution in [0.4, 0.5) is 0 Å². The van der Waals surface area contributed by atoms with E-state index in [-0.39, 0.29) is 17.6 Å². The summed E-state index contributed by atoms with van der Waals surface area (Å²) >= 11 is 5.85. The molecule has 0 unspecified atom stereocenters. The molecule has 1 aliphatic rings. The fourth-order valence-corrected chi connectivity index (χ4v) is 5.09. The fraction of sp³-hybridized carbons (Fsp3) is 0.381. The maximum atomic E-state index is 12.6. The van der Waals surface area contributed by atoms with Crippen molar-refractivity contribution in [2.75, 3.05) is 19.6 Å². The first-order chi connectivity index (χ1) is 13.4. The molecule has 1 fully saturated rings. The van der Waals surface area contributed by atoms with E-state index >= 15 is 0 Å². The van der Waals surface area contributed by atoms with Gasteiger partial charge in [-0.3, -0.25) is 4.79 Å². The molecule has 28 heavy (non-hydrogen) atoms. The zero-order valence-electron chi connectivity index (χ0n) is 15.7. The van der Waals surface area contributed by atoms with Crippen LogP contribution in [0.1, 0.15) is 24.0 Å². The van der Waals surface area contributed by atoms with Crippen molar-refractivity contribution in [3.8, 4) is 0 Å². The van der Waals surface area contributed by atoms with Crippen molar-refractivity contribution >= 4 is 27.5 Å². The lowest BCUT2D eigenvalue weighted by Crippen LogP contribution is -2.43. The van der Waals surface area contributed by atoms with Gasteiger partial charge in [-0.1, -0.05) is 54.1 Å². The summed E-state index contributed by atoms with van der Waals surface area (Å²) in [6.07, 6.45) is 1.90. The highest BCUT2D eigenvalue weighted by Crippen LogP contribution is 2.22. The second-order valence-corrected chi connectivity index (χ2v) is 9.49. The largest absolute Gasteiger partial charge is 0.356 e. The Bertz CT molecular complexity index is 878. The maximum Gasteiger partial charge on any atom is 0.223 e. The minimum absolute atomic E-state index is 0.0191. The number of hydrogen-bond acceptors (Lipinski definition) is 3. The number of amides is 1. The molecule has 1 heterocycles. The number of halogens is 1. The lowest BCUT2D eigenvalue weighted by atomic mass is 9.97. The zero-order valence-corrected chi connectivity index (χ0v) is 17.3. The second-order valence-electron chi connectivity index (χ2n) is 7.08. The summed E-state index contributed by atoms with van der Waals surface area (Å²) in [5.41, 5.74) is 1.90. The standard InChI is InChI=1S/C21H25ClN2O3S/c22-20-8-6-18(7-9-20)16-28(26,27)24-14-11-19(12-15-24)21(25)23-13-10-17-4-2-1-3-5-17/h1-9,19H,10-16H2,(H,23,25). The molecule has 7 heteroatoms. The molecule has 1 N–H and O–H groups in total. The summed E-state index contributed by atoms with van der Waals surface area (Å²) in [5, 5.41) is 3.56. The van der Waals surface area contributed by atoms with Gasteiger partial charge in [0.15, 0.2) is 0 Å². The summed E-state index contributed by atoms with van der Waals surface area (Å²) in [6.45, 7) is 1.36. The Balaban J connectivity index is 1.45. The van der Waals surface area contributed by atoms with E-state index in [1.54, 1.807) is 24.3 Å². The molecule has 1 aliphatic heterocycles. The maximum absolute atomic E-state index is 12.6. The van der Waals surface area contributed by atoms with Crippen LogP contribution in [-0.4, -0.2) is 38.3 Å². The molecule has 0 saturated carbocycles. The average Bonchev–Trinajstić information content (AvgIpc) is 2.70. The van der Waals surface area contributed by atoms with Crippen molar-refractivity contribution in [1.29, 1.82) is 0 Å². The summed E-state index contributed by atoms with van der Waals surface area (Å²) in [4.78, 5) is 12.4. The topological polar surface area (TPSA) is 66.5 Å². The van der Waals surface area contributed by atoms with Crippen LogP contribution in [-0.2, 0) is 27.0 Å². The number of benzene rings is 2. The van der Waals surface area contributed by atoms with Crippen LogP contribution >= 0.6 is 11.6 Å². The molecule has 150 valence electrons. The molecular weight excluding hydrogens is 396 g/mol. The molecule has 0 bridgehead atoms. The van der Waals surface area contributed by atoms with Crippen LogP contribution in [0.2, 0.25) is 5.02 Å². The monoisotopic (exact) mass is 420 g/mol. The predicted octanol–water partition coefficient (Wildman–Crippen LogP) is 3.24. The Hall–Kier alpha value is -1.89. The van der Waals surface area contributed by atoms with Gasteiger partial charge in [0.25, 0.3) is 0 Å². The Morgan fingerprint density at radius 2 is 1.64 bits per heavy atom. The predicted molar refractivity (Wildman–Crippen MR) is 112 cm³/mol. The number of sulfonamides is 1. The molecule has 3 rings (SSSR count). The Morgan fingerprint density at radius 3 is 2.29 bits per heavy atom. The van der Waals surface area contributed by atoms with Gasteiger partial charge in [-0.25, -0.2) is 12.7 Å². The zero-order chi connectivity index (χ0) is 20.0. The quantitative estimate of drug-likeness (QED) is 0.747. The molecular formula is C21H25ClN2O3S. The van der Waals surface area contributed by atoms with Gasteiger partial charge < -0.3 is 5.32 Å². The number of carbonyl (C=O) groups is 1. The first-order valence-corrected chi connectivity index (χ1v) is 11.5. The van der Waals surface area contributed by atoms with Crippen LogP contribution in [0.3, 0.4) is 0 Å². The second kappa shape index (κ2) is 9.54. The summed E-state index contributed by atoms with van der Waals surface area (Å²) in [5.74, 6) is -0.151. The highest BCUT2D eigenvalue weighted by molar-refractivity contribution is 7.88. The van der Waals surface area contributed by atoms with Gasteiger partial charge in [-0.15, -0.1) is 0 Å². The Kier molecular flexibility index (Phi) is 7.10. The molecule has 0 spiro atoms. The fourth-order valence-electron chi connectivity index (χ4n) is 3.40. The SMILES string of the molecule is O=C(NCCc1ccccc1)C1CCN(S(=O)(=O)Cc2ccc(Cl)cc2)CC1. The van der Waals surface area contributed by atoms with E-state index in [2.05, 4.69) is 5.32 Å². The van der Waals surface area contributed by atoms with Crippen molar-refractivity contribution in [3.05, 3.63) is 70.7 Å². The van der Waals surface area contributed by atoms with Crippen molar-refractivity contribution in [1.82, 2.24) is 9.62 Å². The van der Waals surface area contributed by atoms with Crippen molar-refractivity contribution in [2.24, 2.45) is 5.92 Å². The smallest absolute Gasteiger partial charge is 0.223 e. The van der Waals surface area contributed by atoms with Crippen LogP contribution < -0.4 is 5.32 Å². The molecule has 2 aromatic rings. The van der Waals surface area contributed by atoms with Gasteiger partial charge in [-0.05, 0) is 42.5 Å². The van der Waals surface area contributed by atoms with Gasteiger partial charge in [0.2, 0.25) is 15.9 Å². The number of hydrogen-bond donors (Lipinski definition) is 1. The van der Waals surface area contributed by atoms with E-state index in [0.29, 0.717) is 43.1 Å². The Morgan fingerprint density at radius 1 is 1.00 bits per heavy atom. The number of rotatable bonds is 7. The number of carbonyl (C=O) groups excluding carboxylic acids is 1. The third-order valence-corrected chi connectivity index (χ3v) is 7.14. The average molecular weight is 421 g/mol. The van der Waals surface area contributed by atoms with E-state index in [1.165, 1.54) is 9.87 Å². The first-order valence-electron chi connectivity index (χ1n) is 9.48. The Labute approximate surface area is 171 Å². The molecule has 1 saturated heterocycles. The van der Waals surface area contributed by atoms with Gasteiger partial charge in [-0.2, -0.15) is 0 Å². The van der Waals surface area contributed by atoms with E-state index < -0.39 is 10.0 Å². The lowest BCUT2D eigenvalue weighted by molar-refractivity contribution is -0.126. The lowest BCUT2D eigenvalue weighted by Gasteiger charge is -2.30. The van der Waals surface area contributed by atoms with Crippen molar-refractivity contribution in [2.45, 2.75) is 25.0 Å². The highest BCUT2D eigenvalue weighted by atomic mass is 35.5. The molecule has 0 atom stereocenters. The van der Waals surface area contributed by atoms with Gasteiger partial charge in [0, 0.05) is 30.6 Å². The minimum Gasteiger partial charge on any atom is -0.356 e. The number of nitrogens with one attached hydrogen (secondary N) is 1. The molecule has 0 radical (unpaired) electrons. The van der Waals surface area contributed by atoms with Crippen LogP contribution in [0.15, 0.2) is 54.6 Å². The molecule has 0 aromatic heterocycles. The van der Waals surface area contributed by atoms with E-state index in [1.807, 2.05) is 30.3 Å². The summed E-state index contributed by atoms with van der Waals surface area (Å²) < 4.78 is 26.8. The van der Waals surface area contributed by atoms with E-state index in [0.717, 1.165) is 6.42 Å². The van der Waals surface area contributed by atoms with Crippen LogP contribution in [0.5, 0.6) is 0 Å². The molecule has 1 amide bonds. The normalized spacial score (nSPS) is 16.0. The van der Waals surface area contributed by atoms with Crippen LogP contribution in [0.25, 0.3) is 0 Å². The highest BCUT2D eigenvalue weighted by Gasteiger charge is 2.31. The van der Waals surface area contributed by atoms with Crippen molar-refractivity contribution < 1.29 is 13.2 Å².